The second kappa shape index (κ2) is 8.23. The molecule has 0 bridgehead atoms. The van der Waals surface area contributed by atoms with Crippen molar-refractivity contribution in [3.63, 3.8) is 0 Å². The van der Waals surface area contributed by atoms with E-state index in [0.29, 0.717) is 17.9 Å². The van der Waals surface area contributed by atoms with Crippen molar-refractivity contribution in [2.75, 3.05) is 0 Å². The number of nitrogens with one attached hydrogen (secondary N) is 1. The van der Waals surface area contributed by atoms with Crippen LogP contribution in [-0.4, -0.2) is 55.1 Å². The molecule has 0 aliphatic heterocycles. The number of hydrogen-bond acceptors (Lipinski definition) is 1. The molecule has 0 saturated heterocycles. The molecule has 1 rings (SSSR count). The van der Waals surface area contributed by atoms with Crippen molar-refractivity contribution in [1.82, 2.24) is 5.32 Å². The van der Waals surface area contributed by atoms with Crippen LogP contribution in [-0.2, 0) is 0 Å². The van der Waals surface area contributed by atoms with Gasteiger partial charge in [-0.2, -0.15) is 0 Å². The van der Waals surface area contributed by atoms with Gasteiger partial charge in [0.05, 0.1) is 0 Å². The van der Waals surface area contributed by atoms with E-state index in [2.05, 4.69) is 5.32 Å². The van der Waals surface area contributed by atoms with Gasteiger partial charge in [0.1, 0.15) is 0 Å². The van der Waals surface area contributed by atoms with Gasteiger partial charge in [0.25, 0.3) is 5.91 Å². The van der Waals surface area contributed by atoms with Gasteiger partial charge in [0.15, 0.2) is 0 Å². The number of carbonyl (C=O) groups is 1. The molecule has 0 spiro atoms. The molecule has 1 atom stereocenters. The first-order valence-electron chi connectivity index (χ1n) is 5.64. The predicted octanol–water partition coefficient (Wildman–Crippen LogP) is 0.410. The van der Waals surface area contributed by atoms with Gasteiger partial charge in [0.2, 0.25) is 6.04 Å². The van der Waals surface area contributed by atoms with Gasteiger partial charge in [0, 0.05) is 5.56 Å². The summed E-state index contributed by atoms with van der Waals surface area (Å²) in [5, 5.41) is 9.89. The third-order valence-electron chi connectivity index (χ3n) is 2.38. The van der Waals surface area contributed by atoms with E-state index < -0.39 is 12.0 Å². The van der Waals surface area contributed by atoms with Gasteiger partial charge in [-0.1, -0.05) is 32.0 Å². The average molecular weight is 446 g/mol. The van der Waals surface area contributed by atoms with Gasteiger partial charge in [-0.3, -0.25) is 4.79 Å². The molecule has 1 aromatic rings. The summed E-state index contributed by atoms with van der Waals surface area (Å²) in [6, 6.07) is 8.16. The second-order valence-electron chi connectivity index (χ2n) is 4.41. The van der Waals surface area contributed by atoms with E-state index in [1.807, 2.05) is 19.9 Å². The van der Waals surface area contributed by atoms with Crippen LogP contribution in [0.1, 0.15) is 30.6 Å². The molecule has 97 valence electrons. The Hall–Kier alpha value is -0.918. The number of benzene rings is 1. The molecule has 18 heavy (non-hydrogen) atoms. The number of carbonyl (C=O) groups excluding carboxylic acids is 2. The first kappa shape index (κ1) is 17.1. The SMILES string of the molecule is CC(C)CC(NC(=O)c1ccccc1)C(=[OH+])[OH2+].[PbH]. The van der Waals surface area contributed by atoms with E-state index in [9.17, 15) is 9.59 Å². The maximum atomic E-state index is 11.8. The van der Waals surface area contributed by atoms with Crippen molar-refractivity contribution in [3.05, 3.63) is 35.9 Å². The van der Waals surface area contributed by atoms with Crippen LogP contribution >= 0.6 is 0 Å². The van der Waals surface area contributed by atoms with Crippen LogP contribution in [0.2, 0.25) is 0 Å². The topological polar surface area (TPSA) is 73.4 Å². The molecule has 3 radical (unpaired) electrons. The van der Waals surface area contributed by atoms with Crippen LogP contribution in [0.15, 0.2) is 30.3 Å². The molecule has 0 heterocycles. The summed E-state index contributed by atoms with van der Waals surface area (Å²) in [6.45, 7) is 3.95. The number of hydrogen-bond donors (Lipinski definition) is 1. The van der Waals surface area contributed by atoms with E-state index in [1.165, 1.54) is 0 Å². The van der Waals surface area contributed by atoms with E-state index in [4.69, 9.17) is 5.11 Å². The van der Waals surface area contributed by atoms with E-state index in [-0.39, 0.29) is 33.2 Å². The molecule has 1 amide bonds. The summed E-state index contributed by atoms with van der Waals surface area (Å²) in [5.41, 5.74) is 0.530. The average Bonchev–Trinajstić information content (AvgIpc) is 2.28. The Balaban J connectivity index is 0.00000289. The molecular weight excluding hydrogens is 425 g/mol. The van der Waals surface area contributed by atoms with Crippen molar-refractivity contribution < 1.29 is 14.7 Å². The summed E-state index contributed by atoms with van der Waals surface area (Å²) >= 11 is 0. The standard InChI is InChI=1S/C13H17NO3.Pb.H/c1-9(2)8-11(13(16)17)14-12(15)10-6-4-3-5-7-10;;/h3-7,9,11H,8H2,1-2H3,(H,14,15)(H,16,17);;/p+2. The van der Waals surface area contributed by atoms with Crippen molar-refractivity contribution >= 4 is 39.2 Å². The summed E-state index contributed by atoms with van der Waals surface area (Å²) in [6.07, 6.45) is 0.550. The normalized spacial score (nSPS) is 11.5. The van der Waals surface area contributed by atoms with E-state index in [0.717, 1.165) is 0 Å². The molecule has 5 heteroatoms. The fraction of sp³-hybridized carbons (Fsp3) is 0.385. The van der Waals surface area contributed by atoms with Gasteiger partial charge < -0.3 is 10.4 Å². The zero-order chi connectivity index (χ0) is 12.8. The molecule has 0 aliphatic rings. The summed E-state index contributed by atoms with van der Waals surface area (Å²) in [4.78, 5) is 21.0. The zero-order valence-electron chi connectivity index (χ0n) is 10.7. The van der Waals surface area contributed by atoms with Crippen LogP contribution in [0.3, 0.4) is 0 Å². The fourth-order valence-electron chi connectivity index (χ4n) is 1.54. The minimum absolute atomic E-state index is 0. The summed E-state index contributed by atoms with van der Waals surface area (Å²) in [5.74, 6) is -0.471. The molecule has 0 aromatic heterocycles. The second-order valence-corrected chi connectivity index (χ2v) is 4.41. The first-order valence-corrected chi connectivity index (χ1v) is 5.64. The van der Waals surface area contributed by atoms with Crippen molar-refractivity contribution in [2.24, 2.45) is 5.92 Å². The number of rotatable bonds is 5. The summed E-state index contributed by atoms with van der Waals surface area (Å²) in [7, 11) is 0. The Kier molecular flexibility index (Phi) is 7.81. The predicted molar refractivity (Wildman–Crippen MR) is 74.9 cm³/mol. The van der Waals surface area contributed by atoms with Crippen LogP contribution in [0, 0.1) is 5.92 Å². The maximum absolute atomic E-state index is 11.8. The fourth-order valence-corrected chi connectivity index (χ4v) is 1.54. The number of amides is 1. The Morgan fingerprint density at radius 2 is 1.89 bits per heavy atom. The molecule has 0 fully saturated rings. The third-order valence-corrected chi connectivity index (χ3v) is 2.38. The van der Waals surface area contributed by atoms with Gasteiger partial charge in [-0.05, 0) is 24.5 Å². The molecule has 1 unspecified atom stereocenters. The monoisotopic (exact) mass is 446 g/mol. The first-order chi connectivity index (χ1) is 8.00. The van der Waals surface area contributed by atoms with Crippen molar-refractivity contribution in [1.29, 1.82) is 0 Å². The van der Waals surface area contributed by atoms with Crippen LogP contribution < -0.4 is 5.32 Å². The summed E-state index contributed by atoms with van der Waals surface area (Å²) < 4.78 is 0. The van der Waals surface area contributed by atoms with Crippen molar-refractivity contribution in [2.45, 2.75) is 26.3 Å². The Morgan fingerprint density at radius 1 is 1.33 bits per heavy atom. The van der Waals surface area contributed by atoms with Crippen LogP contribution in [0.5, 0.6) is 0 Å². The third kappa shape index (κ3) is 5.61. The molecule has 0 saturated carbocycles. The Bertz CT molecular complexity index is 392. The minimum atomic E-state index is -0.609. The van der Waals surface area contributed by atoms with E-state index >= 15 is 0 Å². The molecule has 4 N–H and O–H groups in total. The van der Waals surface area contributed by atoms with Gasteiger partial charge in [-0.15, -0.1) is 0 Å². The zero-order valence-corrected chi connectivity index (χ0v) is 15.2. The Morgan fingerprint density at radius 3 is 2.33 bits per heavy atom. The Labute approximate surface area is 127 Å². The molecule has 1 aromatic carbocycles. The van der Waals surface area contributed by atoms with E-state index in [1.54, 1.807) is 24.3 Å². The molecular formula is C13H20NO3Pb+2. The molecule has 0 aliphatic carbocycles. The van der Waals surface area contributed by atoms with Gasteiger partial charge in [-0.25, -0.2) is 4.79 Å². The quantitative estimate of drug-likeness (QED) is 0.518. The molecule has 4 nitrogen and oxygen atoms in total. The van der Waals surface area contributed by atoms with Gasteiger partial charge >= 0.3 is 33.3 Å². The van der Waals surface area contributed by atoms with Crippen LogP contribution in [0.4, 0.5) is 0 Å². The van der Waals surface area contributed by atoms with Crippen molar-refractivity contribution in [3.8, 4) is 0 Å². The van der Waals surface area contributed by atoms with Crippen LogP contribution in [0.25, 0.3) is 0 Å².